The first kappa shape index (κ1) is 11.7. The van der Waals surface area contributed by atoms with E-state index in [0.29, 0.717) is 0 Å². The SMILES string of the molecule is c1cc(CNCCC2CC3CCC(C2)N3)cs1. The first-order valence-corrected chi connectivity index (χ1v) is 7.82. The fourth-order valence-corrected chi connectivity index (χ4v) is 4.01. The van der Waals surface area contributed by atoms with Gasteiger partial charge in [-0.15, -0.1) is 0 Å². The minimum Gasteiger partial charge on any atom is -0.313 e. The number of rotatable bonds is 5. The second-order valence-corrected chi connectivity index (χ2v) is 6.35. The molecule has 94 valence electrons. The van der Waals surface area contributed by atoms with Crippen molar-refractivity contribution in [3.8, 4) is 0 Å². The van der Waals surface area contributed by atoms with Gasteiger partial charge in [-0.1, -0.05) is 0 Å². The predicted molar refractivity (Wildman–Crippen MR) is 73.3 cm³/mol. The lowest BCUT2D eigenvalue weighted by Gasteiger charge is -2.29. The second-order valence-electron chi connectivity index (χ2n) is 5.57. The van der Waals surface area contributed by atoms with Crippen molar-refractivity contribution in [3.05, 3.63) is 22.4 Å². The fraction of sp³-hybridized carbons (Fsp3) is 0.714. The van der Waals surface area contributed by atoms with Gasteiger partial charge >= 0.3 is 0 Å². The Hall–Kier alpha value is -0.380. The molecule has 0 amide bonds. The summed E-state index contributed by atoms with van der Waals surface area (Å²) in [5, 5.41) is 11.7. The molecule has 0 aromatic carbocycles. The summed E-state index contributed by atoms with van der Waals surface area (Å²) in [7, 11) is 0. The molecule has 17 heavy (non-hydrogen) atoms. The highest BCUT2D eigenvalue weighted by Gasteiger charge is 2.32. The van der Waals surface area contributed by atoms with Crippen molar-refractivity contribution in [2.75, 3.05) is 6.54 Å². The highest BCUT2D eigenvalue weighted by molar-refractivity contribution is 7.07. The summed E-state index contributed by atoms with van der Waals surface area (Å²) in [5.74, 6) is 0.962. The molecule has 1 aromatic rings. The largest absolute Gasteiger partial charge is 0.313 e. The minimum atomic E-state index is 0.843. The number of hydrogen-bond donors (Lipinski definition) is 2. The van der Waals surface area contributed by atoms with Crippen molar-refractivity contribution in [2.45, 2.75) is 50.7 Å². The number of fused-ring (bicyclic) bond motifs is 2. The molecule has 2 aliphatic rings. The van der Waals surface area contributed by atoms with Crippen LogP contribution in [0, 0.1) is 5.92 Å². The van der Waals surface area contributed by atoms with E-state index in [1.54, 1.807) is 11.3 Å². The molecule has 3 heteroatoms. The van der Waals surface area contributed by atoms with E-state index in [9.17, 15) is 0 Å². The molecule has 2 bridgehead atoms. The zero-order valence-electron chi connectivity index (χ0n) is 10.3. The van der Waals surface area contributed by atoms with Crippen molar-refractivity contribution in [1.82, 2.24) is 10.6 Å². The molecule has 0 aliphatic carbocycles. The average molecular weight is 250 g/mol. The van der Waals surface area contributed by atoms with Crippen LogP contribution < -0.4 is 10.6 Å². The maximum Gasteiger partial charge on any atom is 0.0213 e. The quantitative estimate of drug-likeness (QED) is 0.785. The standard InChI is InChI=1S/C14H22N2S/c1-2-14-8-11(7-13(1)16-14)3-5-15-9-12-4-6-17-10-12/h4,6,10-11,13-16H,1-3,5,7-9H2. The summed E-state index contributed by atoms with van der Waals surface area (Å²) in [6.07, 6.45) is 7.03. The maximum atomic E-state index is 3.71. The van der Waals surface area contributed by atoms with Crippen LogP contribution in [-0.4, -0.2) is 18.6 Å². The summed E-state index contributed by atoms with van der Waals surface area (Å²) in [5.41, 5.74) is 1.43. The van der Waals surface area contributed by atoms with Gasteiger partial charge in [-0.05, 0) is 67.0 Å². The van der Waals surface area contributed by atoms with Gasteiger partial charge in [0.05, 0.1) is 0 Å². The third kappa shape index (κ3) is 3.09. The average Bonchev–Trinajstić information content (AvgIpc) is 2.95. The van der Waals surface area contributed by atoms with Crippen molar-refractivity contribution in [2.24, 2.45) is 5.92 Å². The van der Waals surface area contributed by atoms with Gasteiger partial charge < -0.3 is 10.6 Å². The van der Waals surface area contributed by atoms with Crippen LogP contribution in [-0.2, 0) is 6.54 Å². The Labute approximate surface area is 108 Å². The van der Waals surface area contributed by atoms with Crippen LogP contribution in [0.25, 0.3) is 0 Å². The molecule has 2 atom stereocenters. The molecular formula is C14H22N2S. The van der Waals surface area contributed by atoms with Crippen molar-refractivity contribution < 1.29 is 0 Å². The Morgan fingerprint density at radius 1 is 1.29 bits per heavy atom. The molecule has 2 fully saturated rings. The van der Waals surface area contributed by atoms with E-state index < -0.39 is 0 Å². The Balaban J connectivity index is 1.34. The molecule has 0 radical (unpaired) electrons. The van der Waals surface area contributed by atoms with Crippen molar-refractivity contribution >= 4 is 11.3 Å². The highest BCUT2D eigenvalue weighted by atomic mass is 32.1. The zero-order valence-corrected chi connectivity index (χ0v) is 11.1. The van der Waals surface area contributed by atoms with Gasteiger partial charge in [0.15, 0.2) is 0 Å². The van der Waals surface area contributed by atoms with Gasteiger partial charge in [0.2, 0.25) is 0 Å². The van der Waals surface area contributed by atoms with E-state index in [1.807, 2.05) is 0 Å². The Morgan fingerprint density at radius 3 is 2.82 bits per heavy atom. The Kier molecular flexibility index (Phi) is 3.79. The first-order chi connectivity index (χ1) is 8.40. The summed E-state index contributed by atoms with van der Waals surface area (Å²) >= 11 is 1.79. The summed E-state index contributed by atoms with van der Waals surface area (Å²) in [6.45, 7) is 2.22. The molecule has 1 aromatic heterocycles. The molecule has 2 saturated heterocycles. The van der Waals surface area contributed by atoms with Gasteiger partial charge in [-0.25, -0.2) is 0 Å². The number of thiophene rings is 1. The second kappa shape index (κ2) is 5.51. The van der Waals surface area contributed by atoms with E-state index >= 15 is 0 Å². The van der Waals surface area contributed by atoms with E-state index in [0.717, 1.165) is 24.5 Å². The van der Waals surface area contributed by atoms with E-state index in [2.05, 4.69) is 27.5 Å². The molecule has 2 nitrogen and oxygen atoms in total. The summed E-state index contributed by atoms with van der Waals surface area (Å²) in [4.78, 5) is 0. The molecule has 2 unspecified atom stereocenters. The normalized spacial score (nSPS) is 31.9. The van der Waals surface area contributed by atoms with Crippen LogP contribution in [0.5, 0.6) is 0 Å². The minimum absolute atomic E-state index is 0.843. The molecule has 0 saturated carbocycles. The molecular weight excluding hydrogens is 228 g/mol. The van der Waals surface area contributed by atoms with Crippen molar-refractivity contribution in [1.29, 1.82) is 0 Å². The topological polar surface area (TPSA) is 24.1 Å². The van der Waals surface area contributed by atoms with Gasteiger partial charge in [0, 0.05) is 18.6 Å². The zero-order chi connectivity index (χ0) is 11.5. The molecule has 3 heterocycles. The van der Waals surface area contributed by atoms with Crippen LogP contribution in [0.2, 0.25) is 0 Å². The maximum absolute atomic E-state index is 3.71. The smallest absolute Gasteiger partial charge is 0.0213 e. The van der Waals surface area contributed by atoms with Crippen LogP contribution >= 0.6 is 11.3 Å². The molecule has 2 N–H and O–H groups in total. The van der Waals surface area contributed by atoms with Gasteiger partial charge in [-0.3, -0.25) is 0 Å². The predicted octanol–water partition coefficient (Wildman–Crippen LogP) is 2.76. The number of hydrogen-bond acceptors (Lipinski definition) is 3. The molecule has 0 spiro atoms. The highest BCUT2D eigenvalue weighted by Crippen LogP contribution is 2.32. The number of nitrogens with one attached hydrogen (secondary N) is 2. The fourth-order valence-electron chi connectivity index (χ4n) is 3.34. The third-order valence-electron chi connectivity index (χ3n) is 4.21. The van der Waals surface area contributed by atoms with Crippen LogP contribution in [0.15, 0.2) is 16.8 Å². The van der Waals surface area contributed by atoms with Gasteiger partial charge in [-0.2, -0.15) is 11.3 Å². The first-order valence-electron chi connectivity index (χ1n) is 6.88. The van der Waals surface area contributed by atoms with Gasteiger partial charge in [0.25, 0.3) is 0 Å². The summed E-state index contributed by atoms with van der Waals surface area (Å²) in [6, 6.07) is 3.90. The van der Waals surface area contributed by atoms with E-state index in [-0.39, 0.29) is 0 Å². The molecule has 3 rings (SSSR count). The lowest BCUT2D eigenvalue weighted by atomic mass is 9.90. The lowest BCUT2D eigenvalue weighted by Crippen LogP contribution is -2.38. The van der Waals surface area contributed by atoms with Gasteiger partial charge in [0.1, 0.15) is 0 Å². The lowest BCUT2D eigenvalue weighted by molar-refractivity contribution is 0.283. The van der Waals surface area contributed by atoms with Crippen LogP contribution in [0.3, 0.4) is 0 Å². The van der Waals surface area contributed by atoms with Crippen LogP contribution in [0.4, 0.5) is 0 Å². The third-order valence-corrected chi connectivity index (χ3v) is 4.94. The van der Waals surface area contributed by atoms with Crippen molar-refractivity contribution in [3.63, 3.8) is 0 Å². The number of piperidine rings is 1. The van der Waals surface area contributed by atoms with E-state index in [4.69, 9.17) is 0 Å². The summed E-state index contributed by atoms with van der Waals surface area (Å²) < 4.78 is 0. The Bertz CT molecular complexity index is 324. The van der Waals surface area contributed by atoms with Crippen LogP contribution in [0.1, 0.15) is 37.7 Å². The monoisotopic (exact) mass is 250 g/mol. The Morgan fingerprint density at radius 2 is 2.12 bits per heavy atom. The van der Waals surface area contributed by atoms with E-state index in [1.165, 1.54) is 44.2 Å². The molecule has 2 aliphatic heterocycles.